The van der Waals surface area contributed by atoms with Gasteiger partial charge in [0.05, 0.1) is 4.88 Å². The molecule has 0 saturated heterocycles. The molecule has 0 atom stereocenters. The minimum atomic E-state index is 0.808. The highest BCUT2D eigenvalue weighted by atomic mass is 32.1. The van der Waals surface area contributed by atoms with Gasteiger partial charge in [0, 0.05) is 7.05 Å². The van der Waals surface area contributed by atoms with E-state index < -0.39 is 0 Å². The molecule has 0 spiro atoms. The third-order valence-corrected chi connectivity index (χ3v) is 2.87. The van der Waals surface area contributed by atoms with E-state index in [-0.39, 0.29) is 0 Å². The molecule has 0 aliphatic rings. The number of hydrogen-bond acceptors (Lipinski definition) is 4. The quantitative estimate of drug-likeness (QED) is 0.818. The number of hydrogen-bond donors (Lipinski definition) is 1. The number of nitrogens with zero attached hydrogens (tertiary/aromatic N) is 2. The topological polar surface area (TPSA) is 37.8 Å². The van der Waals surface area contributed by atoms with E-state index in [4.69, 9.17) is 0 Å². The normalized spacial score (nSPS) is 10.1. The maximum Gasteiger partial charge on any atom is 0.148 e. The van der Waals surface area contributed by atoms with Crippen molar-refractivity contribution in [3.63, 3.8) is 0 Å². The largest absolute Gasteiger partial charge is 0.372 e. The Balaban J connectivity index is 2.46. The monoisotopic (exact) mass is 205 g/mol. The van der Waals surface area contributed by atoms with Crippen LogP contribution in [-0.4, -0.2) is 17.2 Å². The first-order valence-electron chi connectivity index (χ1n) is 4.37. The molecule has 2 rings (SSSR count). The first-order valence-corrected chi connectivity index (χ1v) is 5.25. The number of aryl methyl sites for hydroxylation is 1. The molecule has 14 heavy (non-hydrogen) atoms. The lowest BCUT2D eigenvalue weighted by molar-refractivity contribution is 1.03. The first kappa shape index (κ1) is 9.15. The number of anilines is 1. The Bertz CT molecular complexity index is 423. The summed E-state index contributed by atoms with van der Waals surface area (Å²) in [5.41, 5.74) is 2.12. The fraction of sp³-hybridized carbons (Fsp3) is 0.200. The van der Waals surface area contributed by atoms with Crippen molar-refractivity contribution in [2.45, 2.75) is 6.92 Å². The fourth-order valence-corrected chi connectivity index (χ4v) is 2.04. The molecule has 2 aromatic heterocycles. The van der Waals surface area contributed by atoms with Crippen LogP contribution in [-0.2, 0) is 0 Å². The Labute approximate surface area is 86.8 Å². The summed E-state index contributed by atoms with van der Waals surface area (Å²) in [6.45, 7) is 2.05. The van der Waals surface area contributed by atoms with Gasteiger partial charge in [0.2, 0.25) is 0 Å². The van der Waals surface area contributed by atoms with Crippen molar-refractivity contribution in [3.8, 4) is 10.6 Å². The van der Waals surface area contributed by atoms with E-state index >= 15 is 0 Å². The molecule has 0 aliphatic heterocycles. The van der Waals surface area contributed by atoms with Crippen molar-refractivity contribution >= 4 is 17.2 Å². The van der Waals surface area contributed by atoms with Gasteiger partial charge < -0.3 is 5.32 Å². The van der Waals surface area contributed by atoms with Gasteiger partial charge in [0.15, 0.2) is 0 Å². The minimum Gasteiger partial charge on any atom is -0.372 e. The molecule has 0 saturated carbocycles. The number of rotatable bonds is 2. The van der Waals surface area contributed by atoms with Crippen molar-refractivity contribution in [1.82, 2.24) is 10.2 Å². The van der Waals surface area contributed by atoms with Crippen molar-refractivity contribution in [1.29, 1.82) is 0 Å². The van der Waals surface area contributed by atoms with Gasteiger partial charge in [0.25, 0.3) is 0 Å². The van der Waals surface area contributed by atoms with Crippen LogP contribution in [0.1, 0.15) is 5.56 Å². The van der Waals surface area contributed by atoms with Gasteiger partial charge in [-0.15, -0.1) is 21.5 Å². The van der Waals surface area contributed by atoms with Crippen LogP contribution in [0.15, 0.2) is 23.6 Å². The zero-order chi connectivity index (χ0) is 9.97. The summed E-state index contributed by atoms with van der Waals surface area (Å²) in [5, 5.41) is 13.3. The van der Waals surface area contributed by atoms with Crippen LogP contribution in [0, 0.1) is 6.92 Å². The summed E-state index contributed by atoms with van der Waals surface area (Å²) in [4.78, 5) is 1.16. The Kier molecular flexibility index (Phi) is 2.45. The highest BCUT2D eigenvalue weighted by molar-refractivity contribution is 7.13. The molecule has 4 heteroatoms. The average molecular weight is 205 g/mol. The predicted molar refractivity (Wildman–Crippen MR) is 59.6 cm³/mol. The Morgan fingerprint density at radius 3 is 2.79 bits per heavy atom. The lowest BCUT2D eigenvalue weighted by Gasteiger charge is -2.03. The van der Waals surface area contributed by atoms with Crippen LogP contribution >= 0.6 is 11.3 Å². The van der Waals surface area contributed by atoms with Gasteiger partial charge in [-0.1, -0.05) is 6.07 Å². The molecular formula is C10H11N3S. The lowest BCUT2D eigenvalue weighted by Crippen LogP contribution is -1.97. The molecule has 0 aliphatic carbocycles. The van der Waals surface area contributed by atoms with Crippen LogP contribution in [0.25, 0.3) is 10.6 Å². The van der Waals surface area contributed by atoms with Crippen molar-refractivity contribution < 1.29 is 0 Å². The molecule has 2 aromatic rings. The highest BCUT2D eigenvalue weighted by Crippen LogP contribution is 2.25. The van der Waals surface area contributed by atoms with E-state index in [1.54, 1.807) is 11.3 Å². The van der Waals surface area contributed by atoms with Crippen LogP contribution < -0.4 is 5.32 Å². The SMILES string of the molecule is CNc1cc(C)c(-c2cccs2)nn1. The maximum absolute atomic E-state index is 4.19. The van der Waals surface area contributed by atoms with E-state index in [0.717, 1.165) is 22.0 Å². The fourth-order valence-electron chi connectivity index (χ4n) is 1.26. The Morgan fingerprint density at radius 1 is 1.36 bits per heavy atom. The van der Waals surface area contributed by atoms with Gasteiger partial charge in [-0.05, 0) is 30.0 Å². The molecule has 72 valence electrons. The van der Waals surface area contributed by atoms with Gasteiger partial charge in [0.1, 0.15) is 11.5 Å². The van der Waals surface area contributed by atoms with E-state index in [1.807, 2.05) is 31.5 Å². The van der Waals surface area contributed by atoms with E-state index in [0.29, 0.717) is 0 Å². The summed E-state index contributed by atoms with van der Waals surface area (Å²) in [5.74, 6) is 0.808. The maximum atomic E-state index is 4.19. The van der Waals surface area contributed by atoms with E-state index in [2.05, 4.69) is 21.6 Å². The summed E-state index contributed by atoms with van der Waals surface area (Å²) in [7, 11) is 1.84. The van der Waals surface area contributed by atoms with Crippen LogP contribution in [0.3, 0.4) is 0 Å². The Morgan fingerprint density at radius 2 is 2.21 bits per heavy atom. The molecular weight excluding hydrogens is 194 g/mol. The molecule has 2 heterocycles. The Hall–Kier alpha value is -1.42. The predicted octanol–water partition coefficient (Wildman–Crippen LogP) is 2.56. The molecule has 0 amide bonds. The summed E-state index contributed by atoms with van der Waals surface area (Å²) in [6.07, 6.45) is 0. The van der Waals surface area contributed by atoms with Crippen LogP contribution in [0.2, 0.25) is 0 Å². The van der Waals surface area contributed by atoms with Gasteiger partial charge in [-0.3, -0.25) is 0 Å². The van der Waals surface area contributed by atoms with Crippen LogP contribution in [0.4, 0.5) is 5.82 Å². The van der Waals surface area contributed by atoms with Gasteiger partial charge in [-0.25, -0.2) is 0 Å². The lowest BCUT2D eigenvalue weighted by atomic mass is 10.2. The third kappa shape index (κ3) is 1.61. The van der Waals surface area contributed by atoms with Crippen molar-refractivity contribution in [2.75, 3.05) is 12.4 Å². The number of aromatic nitrogens is 2. The first-order chi connectivity index (χ1) is 6.81. The second-order valence-corrected chi connectivity index (χ2v) is 3.94. The smallest absolute Gasteiger partial charge is 0.148 e. The minimum absolute atomic E-state index is 0.808. The van der Waals surface area contributed by atoms with E-state index in [9.17, 15) is 0 Å². The third-order valence-electron chi connectivity index (χ3n) is 2.00. The zero-order valence-electron chi connectivity index (χ0n) is 8.11. The van der Waals surface area contributed by atoms with Crippen LogP contribution in [0.5, 0.6) is 0 Å². The summed E-state index contributed by atoms with van der Waals surface area (Å²) >= 11 is 1.68. The highest BCUT2D eigenvalue weighted by Gasteiger charge is 2.05. The molecule has 0 radical (unpaired) electrons. The molecule has 0 aromatic carbocycles. The number of nitrogens with one attached hydrogen (secondary N) is 1. The summed E-state index contributed by atoms with van der Waals surface area (Å²) in [6, 6.07) is 6.08. The molecule has 0 unspecified atom stereocenters. The van der Waals surface area contributed by atoms with Gasteiger partial charge in [-0.2, -0.15) is 0 Å². The molecule has 0 bridgehead atoms. The molecule has 0 fully saturated rings. The number of thiophene rings is 1. The summed E-state index contributed by atoms with van der Waals surface area (Å²) < 4.78 is 0. The van der Waals surface area contributed by atoms with Crippen molar-refractivity contribution in [2.24, 2.45) is 0 Å². The van der Waals surface area contributed by atoms with Crippen molar-refractivity contribution in [3.05, 3.63) is 29.1 Å². The van der Waals surface area contributed by atoms with E-state index in [1.165, 1.54) is 0 Å². The zero-order valence-corrected chi connectivity index (χ0v) is 8.93. The second kappa shape index (κ2) is 3.75. The average Bonchev–Trinajstić information content (AvgIpc) is 2.70. The van der Waals surface area contributed by atoms with Gasteiger partial charge >= 0.3 is 0 Å². The molecule has 3 nitrogen and oxygen atoms in total. The second-order valence-electron chi connectivity index (χ2n) is 2.99. The standard InChI is InChI=1S/C10H11N3S/c1-7-6-9(11-2)12-13-10(7)8-4-3-5-14-8/h3-6H,1-2H3,(H,11,12). The molecule has 1 N–H and O–H groups in total.